The van der Waals surface area contributed by atoms with Crippen LogP contribution in [-0.2, 0) is 0 Å². The Morgan fingerprint density at radius 3 is 2.59 bits per heavy atom. The normalized spacial score (nSPS) is 11.1. The molecule has 1 aromatic carbocycles. The Labute approximate surface area is 92.5 Å². The Balaban J connectivity index is 2.79. The van der Waals surface area contributed by atoms with E-state index >= 15 is 0 Å². The molecule has 0 bridgehead atoms. The number of hydrogen-bond acceptors (Lipinski definition) is 4. The first-order valence-electron chi connectivity index (χ1n) is 4.84. The molecule has 0 spiro atoms. The molecule has 84 valence electrons. The second kappa shape index (κ2) is 3.18. The number of H-pyrrole nitrogens is 2. The highest BCUT2D eigenvalue weighted by Crippen LogP contribution is 2.20. The number of benzene rings is 1. The van der Waals surface area contributed by atoms with Gasteiger partial charge in [0.1, 0.15) is 0 Å². The largest absolute Gasteiger partial charge is 0.378 e. The van der Waals surface area contributed by atoms with Gasteiger partial charge in [-0.1, -0.05) is 0 Å². The molecule has 17 heavy (non-hydrogen) atoms. The SMILES string of the molecule is O=c1[nH]oc2c(ccc3[nH]ccc32)c(=O)c1=O. The third kappa shape index (κ3) is 1.24. The molecule has 3 rings (SSSR count). The summed E-state index contributed by atoms with van der Waals surface area (Å²) in [5, 5.41) is 2.65. The molecule has 6 heteroatoms. The molecule has 0 aliphatic heterocycles. The third-order valence-electron chi connectivity index (χ3n) is 2.59. The zero-order chi connectivity index (χ0) is 12.0. The minimum Gasteiger partial charge on any atom is -0.378 e. The van der Waals surface area contributed by atoms with Crippen molar-refractivity contribution in [3.8, 4) is 0 Å². The monoisotopic (exact) mass is 230 g/mol. The number of hydrogen-bond donors (Lipinski definition) is 2. The second-order valence-corrected chi connectivity index (χ2v) is 3.57. The molecule has 6 nitrogen and oxygen atoms in total. The molecular formula is C11H6N2O4. The fourth-order valence-electron chi connectivity index (χ4n) is 1.76. The number of nitrogens with one attached hydrogen (secondary N) is 2. The predicted octanol–water partition coefficient (Wildman–Crippen LogP) is 0.323. The van der Waals surface area contributed by atoms with E-state index in [2.05, 4.69) is 4.98 Å². The highest BCUT2D eigenvalue weighted by molar-refractivity contribution is 6.02. The number of aromatic amines is 2. The quantitative estimate of drug-likeness (QED) is 0.543. The second-order valence-electron chi connectivity index (χ2n) is 3.57. The van der Waals surface area contributed by atoms with Crippen LogP contribution in [0.4, 0.5) is 0 Å². The minimum absolute atomic E-state index is 0.0838. The summed E-state index contributed by atoms with van der Waals surface area (Å²) in [5.74, 6) is 0. The highest BCUT2D eigenvalue weighted by Gasteiger charge is 2.09. The van der Waals surface area contributed by atoms with Crippen molar-refractivity contribution < 1.29 is 4.52 Å². The predicted molar refractivity (Wildman–Crippen MR) is 61.2 cm³/mol. The lowest BCUT2D eigenvalue weighted by Gasteiger charge is -1.91. The van der Waals surface area contributed by atoms with Gasteiger partial charge in [0.15, 0.2) is 5.58 Å². The summed E-state index contributed by atoms with van der Waals surface area (Å²) in [7, 11) is 0. The molecule has 0 unspecified atom stereocenters. The zero-order valence-electron chi connectivity index (χ0n) is 8.44. The van der Waals surface area contributed by atoms with Crippen molar-refractivity contribution in [2.24, 2.45) is 0 Å². The molecule has 0 aliphatic rings. The number of rotatable bonds is 0. The van der Waals surface area contributed by atoms with Crippen molar-refractivity contribution in [3.63, 3.8) is 0 Å². The Bertz CT molecular complexity index is 901. The van der Waals surface area contributed by atoms with Crippen LogP contribution in [0.2, 0.25) is 0 Å². The van der Waals surface area contributed by atoms with Crippen LogP contribution in [-0.4, -0.2) is 10.1 Å². The molecule has 0 aliphatic carbocycles. The van der Waals surface area contributed by atoms with Crippen LogP contribution < -0.4 is 16.4 Å². The summed E-state index contributed by atoms with van der Waals surface area (Å²) in [6, 6.07) is 4.80. The molecule has 3 aromatic rings. The molecule has 0 radical (unpaired) electrons. The van der Waals surface area contributed by atoms with Gasteiger partial charge in [-0.15, -0.1) is 0 Å². The molecule has 0 fully saturated rings. The van der Waals surface area contributed by atoms with Crippen LogP contribution in [0.1, 0.15) is 0 Å². The van der Waals surface area contributed by atoms with E-state index in [4.69, 9.17) is 4.52 Å². The van der Waals surface area contributed by atoms with Crippen LogP contribution in [0.5, 0.6) is 0 Å². The third-order valence-corrected chi connectivity index (χ3v) is 2.59. The van der Waals surface area contributed by atoms with E-state index in [1.165, 1.54) is 6.07 Å². The van der Waals surface area contributed by atoms with E-state index in [0.29, 0.717) is 5.39 Å². The van der Waals surface area contributed by atoms with Gasteiger partial charge < -0.3 is 9.51 Å². The molecule has 0 atom stereocenters. The summed E-state index contributed by atoms with van der Waals surface area (Å²) in [4.78, 5) is 37.1. The summed E-state index contributed by atoms with van der Waals surface area (Å²) in [6.07, 6.45) is 1.67. The van der Waals surface area contributed by atoms with Gasteiger partial charge in [-0.25, -0.2) is 0 Å². The Morgan fingerprint density at radius 2 is 1.76 bits per heavy atom. The zero-order valence-corrected chi connectivity index (χ0v) is 8.44. The maximum Gasteiger partial charge on any atom is 0.328 e. The van der Waals surface area contributed by atoms with Crippen molar-refractivity contribution in [3.05, 3.63) is 55.2 Å². The van der Waals surface area contributed by atoms with Crippen molar-refractivity contribution in [2.75, 3.05) is 0 Å². The Hall–Kier alpha value is -2.63. The van der Waals surface area contributed by atoms with E-state index in [0.717, 1.165) is 5.52 Å². The smallest absolute Gasteiger partial charge is 0.328 e. The molecule has 2 aromatic heterocycles. The van der Waals surface area contributed by atoms with E-state index < -0.39 is 16.4 Å². The van der Waals surface area contributed by atoms with Gasteiger partial charge in [-0.05, 0) is 18.2 Å². The highest BCUT2D eigenvalue weighted by atomic mass is 16.5. The summed E-state index contributed by atoms with van der Waals surface area (Å²) in [6.45, 7) is 0. The maximum absolute atomic E-state index is 11.7. The fourth-order valence-corrected chi connectivity index (χ4v) is 1.76. The van der Waals surface area contributed by atoms with Gasteiger partial charge >= 0.3 is 5.56 Å². The first-order chi connectivity index (χ1) is 8.18. The van der Waals surface area contributed by atoms with Crippen LogP contribution in [0, 0.1) is 0 Å². The lowest BCUT2D eigenvalue weighted by molar-refractivity contribution is 0.438. The molecule has 0 amide bonds. The molecule has 0 saturated heterocycles. The molecule has 2 N–H and O–H groups in total. The average Bonchev–Trinajstić information content (AvgIpc) is 2.78. The Kier molecular flexibility index (Phi) is 1.79. The van der Waals surface area contributed by atoms with E-state index in [1.54, 1.807) is 18.3 Å². The fraction of sp³-hybridized carbons (Fsp3) is 0. The van der Waals surface area contributed by atoms with E-state index in [-0.39, 0.29) is 11.0 Å². The van der Waals surface area contributed by atoms with Crippen molar-refractivity contribution in [2.45, 2.75) is 0 Å². The van der Waals surface area contributed by atoms with Crippen molar-refractivity contribution >= 4 is 21.9 Å². The van der Waals surface area contributed by atoms with Crippen molar-refractivity contribution in [1.29, 1.82) is 0 Å². The van der Waals surface area contributed by atoms with Gasteiger partial charge in [0.2, 0.25) is 5.43 Å². The van der Waals surface area contributed by atoms with Crippen LogP contribution in [0.25, 0.3) is 21.9 Å². The summed E-state index contributed by atoms with van der Waals surface area (Å²) in [5.41, 5.74) is -2.11. The summed E-state index contributed by atoms with van der Waals surface area (Å²) >= 11 is 0. The van der Waals surface area contributed by atoms with Gasteiger partial charge in [0.25, 0.3) is 5.43 Å². The molecule has 2 heterocycles. The van der Waals surface area contributed by atoms with Gasteiger partial charge in [-0.2, -0.15) is 5.16 Å². The Morgan fingerprint density at radius 1 is 0.941 bits per heavy atom. The van der Waals surface area contributed by atoms with Crippen LogP contribution >= 0.6 is 0 Å². The van der Waals surface area contributed by atoms with Crippen molar-refractivity contribution in [1.82, 2.24) is 10.1 Å². The van der Waals surface area contributed by atoms with Crippen LogP contribution in [0.15, 0.2) is 43.3 Å². The standard InChI is InChI=1S/C11H6N2O4/c14-8-6-1-2-7-5(3-4-12-7)10(6)17-13-11(16)9(8)15/h1-4,12H,(H,13,16). The summed E-state index contributed by atoms with van der Waals surface area (Å²) < 4.78 is 5.01. The first kappa shape index (κ1) is 9.59. The van der Waals surface area contributed by atoms with Crippen LogP contribution in [0.3, 0.4) is 0 Å². The average molecular weight is 230 g/mol. The van der Waals surface area contributed by atoms with E-state index in [1.807, 2.05) is 5.16 Å². The van der Waals surface area contributed by atoms with E-state index in [9.17, 15) is 14.4 Å². The van der Waals surface area contributed by atoms with Gasteiger partial charge in [0, 0.05) is 17.1 Å². The minimum atomic E-state index is -1.13. The van der Waals surface area contributed by atoms with Gasteiger partial charge in [0.05, 0.1) is 5.39 Å². The molecule has 0 saturated carbocycles. The lowest BCUT2D eigenvalue weighted by atomic mass is 10.2. The lowest BCUT2D eigenvalue weighted by Crippen LogP contribution is -2.35. The first-order valence-corrected chi connectivity index (χ1v) is 4.84. The molecular weight excluding hydrogens is 224 g/mol. The number of fused-ring (bicyclic) bond motifs is 3. The maximum atomic E-state index is 11.7. The number of aromatic nitrogens is 2. The van der Waals surface area contributed by atoms with Gasteiger partial charge in [-0.3, -0.25) is 14.4 Å². The topological polar surface area (TPSA) is 95.9 Å².